The fourth-order valence-electron chi connectivity index (χ4n) is 2.09. The van der Waals surface area contributed by atoms with Crippen molar-refractivity contribution in [2.24, 2.45) is 4.99 Å². The predicted molar refractivity (Wildman–Crippen MR) is 64.8 cm³/mol. The van der Waals surface area contributed by atoms with Gasteiger partial charge in [0.05, 0.1) is 11.5 Å². The normalized spacial score (nSPS) is 27.1. The van der Waals surface area contributed by atoms with E-state index in [1.54, 1.807) is 7.05 Å². The van der Waals surface area contributed by atoms with E-state index in [1.807, 2.05) is 0 Å². The monoisotopic (exact) mass is 259 g/mol. The minimum atomic E-state index is -2.96. The number of rotatable bonds is 2. The van der Waals surface area contributed by atoms with Gasteiger partial charge in [0.15, 0.2) is 15.7 Å². The molecular weight excluding hydrogens is 242 g/mol. The lowest BCUT2D eigenvalue weighted by Gasteiger charge is -2.25. The standard InChI is InChI=1S/C10H17N3O3S/c1-13(8-3-6-17(15,16)7-8)10(14)9-11-4-2-5-12-9/h8H,2-7H2,1H3,(H,11,12). The van der Waals surface area contributed by atoms with Crippen LogP contribution in [0.3, 0.4) is 0 Å². The summed E-state index contributed by atoms with van der Waals surface area (Å²) < 4.78 is 22.7. The van der Waals surface area contributed by atoms with Crippen molar-refractivity contribution in [1.29, 1.82) is 0 Å². The molecule has 2 aliphatic rings. The number of sulfone groups is 1. The van der Waals surface area contributed by atoms with Crippen LogP contribution in [0.2, 0.25) is 0 Å². The van der Waals surface area contributed by atoms with Gasteiger partial charge in [0.25, 0.3) is 5.91 Å². The molecule has 2 rings (SSSR count). The van der Waals surface area contributed by atoms with Crippen LogP contribution < -0.4 is 5.32 Å². The Morgan fingerprint density at radius 2 is 2.29 bits per heavy atom. The Bertz CT molecular complexity index is 444. The molecule has 1 N–H and O–H groups in total. The lowest BCUT2D eigenvalue weighted by Crippen LogP contribution is -2.47. The molecule has 1 saturated heterocycles. The summed E-state index contributed by atoms with van der Waals surface area (Å²) in [6.45, 7) is 1.41. The lowest BCUT2D eigenvalue weighted by atomic mass is 10.2. The van der Waals surface area contributed by atoms with E-state index in [2.05, 4.69) is 10.3 Å². The maximum absolute atomic E-state index is 12.0. The van der Waals surface area contributed by atoms with Crippen LogP contribution in [-0.4, -0.2) is 62.7 Å². The third kappa shape index (κ3) is 2.77. The zero-order chi connectivity index (χ0) is 12.5. The quantitative estimate of drug-likeness (QED) is 0.691. The van der Waals surface area contributed by atoms with Gasteiger partial charge < -0.3 is 10.2 Å². The molecule has 0 saturated carbocycles. The van der Waals surface area contributed by atoms with E-state index in [0.717, 1.165) is 13.0 Å². The van der Waals surface area contributed by atoms with Crippen molar-refractivity contribution in [3.63, 3.8) is 0 Å². The number of nitrogens with one attached hydrogen (secondary N) is 1. The van der Waals surface area contributed by atoms with Gasteiger partial charge >= 0.3 is 0 Å². The Labute approximate surface area is 101 Å². The highest BCUT2D eigenvalue weighted by Crippen LogP contribution is 2.16. The van der Waals surface area contributed by atoms with Crippen molar-refractivity contribution in [3.05, 3.63) is 0 Å². The summed E-state index contributed by atoms with van der Waals surface area (Å²) in [6, 6.07) is -0.209. The second-order valence-corrected chi connectivity index (χ2v) is 6.71. The molecule has 96 valence electrons. The highest BCUT2D eigenvalue weighted by atomic mass is 32.2. The van der Waals surface area contributed by atoms with Crippen LogP contribution >= 0.6 is 0 Å². The number of aliphatic imine (C=N–C) groups is 1. The third-order valence-electron chi connectivity index (χ3n) is 3.18. The zero-order valence-corrected chi connectivity index (χ0v) is 10.7. The molecule has 1 unspecified atom stereocenters. The van der Waals surface area contributed by atoms with E-state index in [0.29, 0.717) is 18.8 Å². The minimum Gasteiger partial charge on any atom is -0.366 e. The molecule has 0 aliphatic carbocycles. The second-order valence-electron chi connectivity index (χ2n) is 4.48. The summed E-state index contributed by atoms with van der Waals surface area (Å²) in [7, 11) is -1.31. The van der Waals surface area contributed by atoms with Gasteiger partial charge in [-0.25, -0.2) is 8.42 Å². The summed E-state index contributed by atoms with van der Waals surface area (Å²) in [5, 5.41) is 2.95. The number of hydrogen-bond donors (Lipinski definition) is 1. The average molecular weight is 259 g/mol. The van der Waals surface area contributed by atoms with Gasteiger partial charge in [-0.15, -0.1) is 0 Å². The number of likely N-dealkylation sites (N-methyl/N-ethyl adjacent to an activating group) is 1. The smallest absolute Gasteiger partial charge is 0.288 e. The van der Waals surface area contributed by atoms with E-state index in [-0.39, 0.29) is 23.5 Å². The fraction of sp³-hybridized carbons (Fsp3) is 0.800. The van der Waals surface area contributed by atoms with Crippen molar-refractivity contribution < 1.29 is 13.2 Å². The van der Waals surface area contributed by atoms with Gasteiger partial charge in [-0.2, -0.15) is 0 Å². The van der Waals surface area contributed by atoms with Gasteiger partial charge in [0.1, 0.15) is 0 Å². The molecule has 0 radical (unpaired) electrons. The number of carbonyl (C=O) groups is 1. The lowest BCUT2D eigenvalue weighted by molar-refractivity contribution is -0.124. The second kappa shape index (κ2) is 4.64. The van der Waals surface area contributed by atoms with Crippen molar-refractivity contribution in [3.8, 4) is 0 Å². The maximum Gasteiger partial charge on any atom is 0.288 e. The van der Waals surface area contributed by atoms with Crippen molar-refractivity contribution >= 4 is 21.6 Å². The first kappa shape index (κ1) is 12.3. The number of carbonyl (C=O) groups excluding carboxylic acids is 1. The van der Waals surface area contributed by atoms with Crippen LogP contribution in [-0.2, 0) is 14.6 Å². The summed E-state index contributed by atoms with van der Waals surface area (Å²) in [4.78, 5) is 17.7. The molecule has 2 heterocycles. The molecule has 1 fully saturated rings. The highest BCUT2D eigenvalue weighted by Gasteiger charge is 2.34. The molecule has 17 heavy (non-hydrogen) atoms. The van der Waals surface area contributed by atoms with Crippen molar-refractivity contribution in [1.82, 2.24) is 10.2 Å². The van der Waals surface area contributed by atoms with E-state index in [1.165, 1.54) is 4.90 Å². The number of amides is 1. The Hall–Kier alpha value is -1.11. The first-order valence-electron chi connectivity index (χ1n) is 5.75. The third-order valence-corrected chi connectivity index (χ3v) is 4.93. The predicted octanol–water partition coefficient (Wildman–Crippen LogP) is -0.976. The number of hydrogen-bond acceptors (Lipinski definition) is 5. The fourth-order valence-corrected chi connectivity index (χ4v) is 3.86. The van der Waals surface area contributed by atoms with E-state index in [9.17, 15) is 13.2 Å². The number of amidine groups is 1. The zero-order valence-electron chi connectivity index (χ0n) is 9.85. The van der Waals surface area contributed by atoms with Crippen molar-refractivity contribution in [2.75, 3.05) is 31.6 Å². The summed E-state index contributed by atoms with van der Waals surface area (Å²) in [5.41, 5.74) is 0. The molecular formula is C10H17N3O3S. The molecule has 6 nitrogen and oxygen atoms in total. The first-order valence-corrected chi connectivity index (χ1v) is 7.58. The van der Waals surface area contributed by atoms with Gasteiger partial charge in [0, 0.05) is 26.2 Å². The van der Waals surface area contributed by atoms with Gasteiger partial charge in [0.2, 0.25) is 0 Å². The molecule has 1 atom stereocenters. The molecule has 0 spiro atoms. The number of nitrogens with zero attached hydrogens (tertiary/aromatic N) is 2. The Morgan fingerprint density at radius 1 is 1.53 bits per heavy atom. The first-order chi connectivity index (χ1) is 7.99. The van der Waals surface area contributed by atoms with Crippen LogP contribution in [0, 0.1) is 0 Å². The van der Waals surface area contributed by atoms with Gasteiger partial charge in [-0.3, -0.25) is 9.79 Å². The van der Waals surface area contributed by atoms with E-state index >= 15 is 0 Å². The average Bonchev–Trinajstić information content (AvgIpc) is 2.69. The summed E-state index contributed by atoms with van der Waals surface area (Å²) >= 11 is 0. The summed E-state index contributed by atoms with van der Waals surface area (Å²) in [5.74, 6) is 0.410. The highest BCUT2D eigenvalue weighted by molar-refractivity contribution is 7.91. The van der Waals surface area contributed by atoms with Gasteiger partial charge in [-0.1, -0.05) is 0 Å². The molecule has 0 bridgehead atoms. The van der Waals surface area contributed by atoms with Crippen LogP contribution in [0.5, 0.6) is 0 Å². The Balaban J connectivity index is 2.03. The topological polar surface area (TPSA) is 78.8 Å². The Kier molecular flexibility index (Phi) is 3.37. The van der Waals surface area contributed by atoms with Crippen LogP contribution in [0.4, 0.5) is 0 Å². The van der Waals surface area contributed by atoms with Gasteiger partial charge in [-0.05, 0) is 12.8 Å². The SMILES string of the molecule is CN(C(=O)C1=NCCCN1)C1CCS(=O)(=O)C1. The molecule has 7 heteroatoms. The Morgan fingerprint density at radius 3 is 2.82 bits per heavy atom. The van der Waals surface area contributed by atoms with E-state index in [4.69, 9.17) is 0 Å². The molecule has 0 aromatic rings. The molecule has 1 amide bonds. The largest absolute Gasteiger partial charge is 0.366 e. The van der Waals surface area contributed by atoms with Crippen LogP contribution in [0.25, 0.3) is 0 Å². The molecule has 0 aromatic heterocycles. The summed E-state index contributed by atoms with van der Waals surface area (Å²) in [6.07, 6.45) is 1.45. The molecule has 0 aromatic carbocycles. The minimum absolute atomic E-state index is 0.0719. The maximum atomic E-state index is 12.0. The van der Waals surface area contributed by atoms with Crippen LogP contribution in [0.1, 0.15) is 12.8 Å². The van der Waals surface area contributed by atoms with E-state index < -0.39 is 9.84 Å². The molecule has 2 aliphatic heterocycles. The van der Waals surface area contributed by atoms with Crippen LogP contribution in [0.15, 0.2) is 4.99 Å². The van der Waals surface area contributed by atoms with Crippen molar-refractivity contribution in [2.45, 2.75) is 18.9 Å².